The van der Waals surface area contributed by atoms with E-state index in [0.717, 1.165) is 29.4 Å². The minimum atomic E-state index is -0.608. The van der Waals surface area contributed by atoms with Crippen molar-refractivity contribution >= 4 is 27.6 Å². The molecule has 0 saturated heterocycles. The Kier molecular flexibility index (Phi) is 4.43. The molecule has 0 aliphatic heterocycles. The third-order valence-corrected chi connectivity index (χ3v) is 4.61. The van der Waals surface area contributed by atoms with Gasteiger partial charge in [-0.15, -0.1) is 0 Å². The van der Waals surface area contributed by atoms with Crippen molar-refractivity contribution in [3.8, 4) is 0 Å². The van der Waals surface area contributed by atoms with E-state index in [1.807, 2.05) is 31.2 Å². The van der Waals surface area contributed by atoms with Crippen LogP contribution in [0.25, 0.3) is 0 Å². The Morgan fingerprint density at radius 2 is 2.05 bits per heavy atom. The topological polar surface area (TPSA) is 38.3 Å². The molecule has 1 saturated carbocycles. The number of rotatable bonds is 4. The summed E-state index contributed by atoms with van der Waals surface area (Å²) in [7, 11) is 0. The normalized spacial score (nSPS) is 24.4. The van der Waals surface area contributed by atoms with E-state index in [9.17, 15) is 4.79 Å². The Morgan fingerprint density at radius 1 is 1.35 bits per heavy atom. The molecule has 1 atom stereocenters. The second-order valence-electron chi connectivity index (χ2n) is 6.25. The highest BCUT2D eigenvalue weighted by molar-refractivity contribution is 9.10. The molecular weight excluding hydrogens is 318 g/mol. The number of hydrogen-bond acceptors (Lipinski definition) is 3. The van der Waals surface area contributed by atoms with Crippen LogP contribution in [0.15, 0.2) is 28.7 Å². The van der Waals surface area contributed by atoms with Gasteiger partial charge in [0.15, 0.2) is 0 Å². The molecule has 0 amide bonds. The van der Waals surface area contributed by atoms with E-state index in [1.165, 1.54) is 0 Å². The summed E-state index contributed by atoms with van der Waals surface area (Å²) in [5.74, 6) is -0.138. The average Bonchev–Trinajstić information content (AvgIpc) is 2.70. The van der Waals surface area contributed by atoms with Crippen LogP contribution in [0.4, 0.5) is 5.69 Å². The second kappa shape index (κ2) is 5.76. The maximum Gasteiger partial charge on any atom is 0.331 e. The fourth-order valence-electron chi connectivity index (χ4n) is 2.97. The van der Waals surface area contributed by atoms with Crippen LogP contribution in [0.3, 0.4) is 0 Å². The van der Waals surface area contributed by atoms with Gasteiger partial charge < -0.3 is 10.1 Å². The Morgan fingerprint density at radius 3 is 2.60 bits per heavy atom. The monoisotopic (exact) mass is 339 g/mol. The molecule has 2 rings (SSSR count). The lowest BCUT2D eigenvalue weighted by Crippen LogP contribution is -2.46. The van der Waals surface area contributed by atoms with Crippen molar-refractivity contribution in [2.45, 2.75) is 45.6 Å². The maximum atomic E-state index is 12.5. The molecule has 0 spiro atoms. The fourth-order valence-corrected chi connectivity index (χ4v) is 3.35. The smallest absolute Gasteiger partial charge is 0.331 e. The Labute approximate surface area is 129 Å². The number of halogens is 1. The molecule has 1 fully saturated rings. The third-order valence-electron chi connectivity index (χ3n) is 3.92. The Bertz CT molecular complexity index is 501. The molecule has 1 aromatic rings. The summed E-state index contributed by atoms with van der Waals surface area (Å²) in [5, 5.41) is 3.44. The minimum absolute atomic E-state index is 0.138. The van der Waals surface area contributed by atoms with Crippen LogP contribution in [0, 0.1) is 5.41 Å². The fraction of sp³-hybridized carbons (Fsp3) is 0.562. The zero-order valence-electron chi connectivity index (χ0n) is 12.3. The lowest BCUT2D eigenvalue weighted by Gasteiger charge is -2.31. The van der Waals surface area contributed by atoms with Crippen LogP contribution in [-0.2, 0) is 9.53 Å². The lowest BCUT2D eigenvalue weighted by molar-refractivity contribution is -0.148. The quantitative estimate of drug-likeness (QED) is 0.827. The SMILES string of the molecule is CCOC(=O)C1(Nc2ccccc2Br)CCC(C)(C)C1. The van der Waals surface area contributed by atoms with Gasteiger partial charge in [0.05, 0.1) is 6.61 Å². The second-order valence-corrected chi connectivity index (χ2v) is 7.10. The summed E-state index contributed by atoms with van der Waals surface area (Å²) >= 11 is 3.53. The first-order chi connectivity index (χ1) is 9.38. The molecule has 20 heavy (non-hydrogen) atoms. The van der Waals surface area contributed by atoms with Gasteiger partial charge in [-0.05, 0) is 59.7 Å². The van der Waals surface area contributed by atoms with Gasteiger partial charge in [-0.3, -0.25) is 0 Å². The predicted octanol–water partition coefficient (Wildman–Crippen LogP) is 4.37. The van der Waals surface area contributed by atoms with Crippen LogP contribution >= 0.6 is 15.9 Å². The minimum Gasteiger partial charge on any atom is -0.464 e. The molecule has 0 heterocycles. The van der Waals surface area contributed by atoms with Gasteiger partial charge >= 0.3 is 5.97 Å². The molecule has 1 unspecified atom stereocenters. The van der Waals surface area contributed by atoms with Crippen molar-refractivity contribution in [3.05, 3.63) is 28.7 Å². The van der Waals surface area contributed by atoms with Crippen molar-refractivity contribution in [1.29, 1.82) is 0 Å². The van der Waals surface area contributed by atoms with E-state index in [1.54, 1.807) is 0 Å². The van der Waals surface area contributed by atoms with Crippen LogP contribution in [-0.4, -0.2) is 18.1 Å². The van der Waals surface area contributed by atoms with Crippen LogP contribution in [0.5, 0.6) is 0 Å². The number of benzene rings is 1. The van der Waals surface area contributed by atoms with Gasteiger partial charge in [-0.1, -0.05) is 26.0 Å². The van der Waals surface area contributed by atoms with Gasteiger partial charge in [0.2, 0.25) is 0 Å². The van der Waals surface area contributed by atoms with E-state index in [2.05, 4.69) is 35.1 Å². The number of ether oxygens (including phenoxy) is 1. The van der Waals surface area contributed by atoms with Crippen molar-refractivity contribution in [2.75, 3.05) is 11.9 Å². The molecule has 1 N–H and O–H groups in total. The van der Waals surface area contributed by atoms with E-state index in [0.29, 0.717) is 6.61 Å². The van der Waals surface area contributed by atoms with E-state index >= 15 is 0 Å². The first-order valence-electron chi connectivity index (χ1n) is 7.08. The van der Waals surface area contributed by atoms with Crippen LogP contribution in [0.1, 0.15) is 40.0 Å². The van der Waals surface area contributed by atoms with Gasteiger partial charge in [-0.25, -0.2) is 4.79 Å². The lowest BCUT2D eigenvalue weighted by atomic mass is 9.87. The molecule has 1 aliphatic carbocycles. The molecule has 1 aromatic carbocycles. The number of anilines is 1. The van der Waals surface area contributed by atoms with Crippen molar-refractivity contribution in [2.24, 2.45) is 5.41 Å². The summed E-state index contributed by atoms with van der Waals surface area (Å²) in [6.45, 7) is 6.67. The van der Waals surface area contributed by atoms with E-state index in [4.69, 9.17) is 4.74 Å². The number of esters is 1. The summed E-state index contributed by atoms with van der Waals surface area (Å²) in [4.78, 5) is 12.5. The van der Waals surface area contributed by atoms with Gasteiger partial charge in [0.1, 0.15) is 5.54 Å². The number of hydrogen-bond donors (Lipinski definition) is 1. The van der Waals surface area contributed by atoms with Crippen molar-refractivity contribution in [3.63, 3.8) is 0 Å². The van der Waals surface area contributed by atoms with Crippen molar-refractivity contribution in [1.82, 2.24) is 0 Å². The number of nitrogens with one attached hydrogen (secondary N) is 1. The molecule has 0 aromatic heterocycles. The van der Waals surface area contributed by atoms with E-state index in [-0.39, 0.29) is 11.4 Å². The largest absolute Gasteiger partial charge is 0.464 e. The molecule has 0 bridgehead atoms. The predicted molar refractivity (Wildman–Crippen MR) is 84.8 cm³/mol. The Hall–Kier alpha value is -1.03. The highest BCUT2D eigenvalue weighted by Gasteiger charge is 2.49. The average molecular weight is 340 g/mol. The van der Waals surface area contributed by atoms with Crippen LogP contribution < -0.4 is 5.32 Å². The van der Waals surface area contributed by atoms with Gasteiger partial charge in [0, 0.05) is 10.2 Å². The summed E-state index contributed by atoms with van der Waals surface area (Å²) in [5.41, 5.74) is 0.489. The first kappa shape index (κ1) is 15.4. The number of carbonyl (C=O) groups excluding carboxylic acids is 1. The van der Waals surface area contributed by atoms with E-state index < -0.39 is 5.54 Å². The summed E-state index contributed by atoms with van der Waals surface area (Å²) < 4.78 is 6.28. The van der Waals surface area contributed by atoms with Gasteiger partial charge in [0.25, 0.3) is 0 Å². The molecular formula is C16H22BrNO2. The maximum absolute atomic E-state index is 12.5. The summed E-state index contributed by atoms with van der Waals surface area (Å²) in [6.07, 6.45) is 2.61. The zero-order chi connectivity index (χ0) is 14.8. The molecule has 4 heteroatoms. The standard InChI is InChI=1S/C16H22BrNO2/c1-4-20-14(19)16(10-9-15(2,3)11-16)18-13-8-6-5-7-12(13)17/h5-8,18H,4,9-11H2,1-3H3. The van der Waals surface area contributed by atoms with Crippen molar-refractivity contribution < 1.29 is 9.53 Å². The summed E-state index contributed by atoms with van der Waals surface area (Å²) in [6, 6.07) is 7.88. The first-order valence-corrected chi connectivity index (χ1v) is 7.88. The zero-order valence-corrected chi connectivity index (χ0v) is 13.9. The molecule has 1 aliphatic rings. The van der Waals surface area contributed by atoms with Crippen LogP contribution in [0.2, 0.25) is 0 Å². The Balaban J connectivity index is 2.29. The third kappa shape index (κ3) is 3.17. The molecule has 3 nitrogen and oxygen atoms in total. The molecule has 110 valence electrons. The van der Waals surface area contributed by atoms with Gasteiger partial charge in [-0.2, -0.15) is 0 Å². The highest BCUT2D eigenvalue weighted by Crippen LogP contribution is 2.46. The highest BCUT2D eigenvalue weighted by atomic mass is 79.9. The number of para-hydroxylation sites is 1. The molecule has 0 radical (unpaired) electrons. The number of carbonyl (C=O) groups is 1.